The van der Waals surface area contributed by atoms with Crippen molar-refractivity contribution in [2.24, 2.45) is 28.6 Å². The van der Waals surface area contributed by atoms with Crippen LogP contribution in [-0.4, -0.2) is 37.0 Å². The van der Waals surface area contributed by atoms with Gasteiger partial charge in [0, 0.05) is 19.5 Å². The average molecular weight is 360 g/mol. The standard InChI is InChI=1S/C22H33NO3/c1-21-10-8-16(26-14-25)12-15(21)4-5-17-18-6-7-20(23(3)13-24)22(18,2)11-9-19(17)21/h4,13-14,16-20H,5-12H2,1-3H3/t16-,17-,18-,19-,20+,21-,22-/m0/s1. The molecule has 3 fully saturated rings. The number of fused-ring (bicyclic) bond motifs is 5. The summed E-state index contributed by atoms with van der Waals surface area (Å²) in [4.78, 5) is 24.1. The zero-order valence-electron chi connectivity index (χ0n) is 16.4. The summed E-state index contributed by atoms with van der Waals surface area (Å²) in [7, 11) is 1.96. The molecule has 4 rings (SSSR count). The van der Waals surface area contributed by atoms with Crippen molar-refractivity contribution < 1.29 is 14.3 Å². The fraction of sp³-hybridized carbons (Fsp3) is 0.818. The molecule has 0 bridgehead atoms. The van der Waals surface area contributed by atoms with Crippen LogP contribution in [0, 0.1) is 28.6 Å². The summed E-state index contributed by atoms with van der Waals surface area (Å²) in [6.45, 7) is 5.54. The molecule has 7 atom stereocenters. The number of hydrogen-bond donors (Lipinski definition) is 0. The Morgan fingerprint density at radius 3 is 2.65 bits per heavy atom. The molecule has 0 N–H and O–H groups in total. The van der Waals surface area contributed by atoms with Crippen molar-refractivity contribution in [3.63, 3.8) is 0 Å². The van der Waals surface area contributed by atoms with Crippen molar-refractivity contribution in [2.45, 2.75) is 77.4 Å². The molecule has 0 spiro atoms. The first-order valence-corrected chi connectivity index (χ1v) is 10.4. The Morgan fingerprint density at radius 2 is 1.92 bits per heavy atom. The lowest BCUT2D eigenvalue weighted by Crippen LogP contribution is -2.53. The summed E-state index contributed by atoms with van der Waals surface area (Å²) in [6.07, 6.45) is 12.7. The highest BCUT2D eigenvalue weighted by molar-refractivity contribution is 5.47. The van der Waals surface area contributed by atoms with Gasteiger partial charge < -0.3 is 9.64 Å². The van der Waals surface area contributed by atoms with E-state index in [0.717, 1.165) is 49.8 Å². The van der Waals surface area contributed by atoms with Crippen LogP contribution in [0.25, 0.3) is 0 Å². The van der Waals surface area contributed by atoms with Crippen LogP contribution in [0.1, 0.15) is 65.2 Å². The maximum absolute atomic E-state index is 11.4. The Balaban J connectivity index is 1.59. The highest BCUT2D eigenvalue weighted by atomic mass is 16.5. The summed E-state index contributed by atoms with van der Waals surface area (Å²) in [5.41, 5.74) is 2.10. The Bertz CT molecular complexity index is 617. The molecule has 0 aliphatic heterocycles. The van der Waals surface area contributed by atoms with E-state index in [0.29, 0.717) is 12.5 Å². The SMILES string of the molecule is CN(C=O)[C@@H]1CC[C@H]2[C@@H]3CC=C4C[C@@H](OC=O)CC[C@]4(C)[C@H]3CC[C@@]21C. The van der Waals surface area contributed by atoms with E-state index in [2.05, 4.69) is 19.9 Å². The molecule has 0 heterocycles. The van der Waals surface area contributed by atoms with Crippen molar-refractivity contribution >= 4 is 12.9 Å². The van der Waals surface area contributed by atoms with E-state index in [-0.39, 0.29) is 16.9 Å². The highest BCUT2D eigenvalue weighted by Crippen LogP contribution is 2.65. The molecule has 0 aromatic rings. The number of nitrogens with zero attached hydrogens (tertiary/aromatic N) is 1. The fourth-order valence-electron chi connectivity index (χ4n) is 7.54. The van der Waals surface area contributed by atoms with Gasteiger partial charge in [-0.05, 0) is 73.5 Å². The molecule has 3 saturated carbocycles. The third kappa shape index (κ3) is 2.47. The quantitative estimate of drug-likeness (QED) is 0.564. The van der Waals surface area contributed by atoms with E-state index in [9.17, 15) is 9.59 Å². The van der Waals surface area contributed by atoms with Crippen molar-refractivity contribution in [1.29, 1.82) is 0 Å². The van der Waals surface area contributed by atoms with Gasteiger partial charge in [-0.3, -0.25) is 9.59 Å². The summed E-state index contributed by atoms with van der Waals surface area (Å²) in [5.74, 6) is 2.22. The summed E-state index contributed by atoms with van der Waals surface area (Å²) in [6, 6.07) is 0.404. The van der Waals surface area contributed by atoms with Gasteiger partial charge in [-0.15, -0.1) is 0 Å². The highest BCUT2D eigenvalue weighted by Gasteiger charge is 2.59. The van der Waals surface area contributed by atoms with Gasteiger partial charge >= 0.3 is 0 Å². The normalized spacial score (nSPS) is 47.0. The van der Waals surface area contributed by atoms with Gasteiger partial charge in [0.2, 0.25) is 6.41 Å². The lowest BCUT2D eigenvalue weighted by atomic mass is 9.48. The van der Waals surface area contributed by atoms with Gasteiger partial charge in [0.25, 0.3) is 6.47 Å². The average Bonchev–Trinajstić information content (AvgIpc) is 2.99. The minimum Gasteiger partial charge on any atom is -0.464 e. The maximum Gasteiger partial charge on any atom is 0.293 e. The molecule has 0 unspecified atom stereocenters. The van der Waals surface area contributed by atoms with E-state index in [1.54, 1.807) is 5.57 Å². The summed E-state index contributed by atoms with van der Waals surface area (Å²) < 4.78 is 5.29. The van der Waals surface area contributed by atoms with Crippen LogP contribution in [0.3, 0.4) is 0 Å². The second-order valence-corrected chi connectivity index (χ2v) is 9.77. The predicted octanol–water partition coefficient (Wildman–Crippen LogP) is 3.95. The molecular formula is C22H33NO3. The van der Waals surface area contributed by atoms with Crippen molar-refractivity contribution in [3.8, 4) is 0 Å². The van der Waals surface area contributed by atoms with Gasteiger partial charge in [0.15, 0.2) is 0 Å². The lowest BCUT2D eigenvalue weighted by Gasteiger charge is -2.58. The predicted molar refractivity (Wildman–Crippen MR) is 100 cm³/mol. The number of hydrogen-bond acceptors (Lipinski definition) is 3. The second kappa shape index (κ2) is 6.38. The number of carbonyl (C=O) groups excluding carboxylic acids is 2. The largest absolute Gasteiger partial charge is 0.464 e. The molecule has 26 heavy (non-hydrogen) atoms. The number of amides is 1. The van der Waals surface area contributed by atoms with Gasteiger partial charge in [-0.1, -0.05) is 25.5 Å². The van der Waals surface area contributed by atoms with Crippen LogP contribution < -0.4 is 0 Å². The van der Waals surface area contributed by atoms with E-state index >= 15 is 0 Å². The summed E-state index contributed by atoms with van der Waals surface area (Å²) in [5, 5.41) is 0. The molecule has 1 amide bonds. The van der Waals surface area contributed by atoms with Crippen molar-refractivity contribution in [3.05, 3.63) is 11.6 Å². The number of carbonyl (C=O) groups is 2. The van der Waals surface area contributed by atoms with E-state index in [1.165, 1.54) is 25.7 Å². The minimum absolute atomic E-state index is 0.0781. The molecule has 4 heteroatoms. The minimum atomic E-state index is 0.0781. The van der Waals surface area contributed by atoms with Crippen LogP contribution in [0.15, 0.2) is 11.6 Å². The molecule has 4 aliphatic rings. The Kier molecular flexibility index (Phi) is 4.44. The van der Waals surface area contributed by atoms with Crippen LogP contribution in [0.5, 0.6) is 0 Å². The van der Waals surface area contributed by atoms with Gasteiger partial charge in [0.1, 0.15) is 6.10 Å². The van der Waals surface area contributed by atoms with Crippen LogP contribution >= 0.6 is 0 Å². The van der Waals surface area contributed by atoms with Gasteiger partial charge in [0.05, 0.1) is 0 Å². The zero-order chi connectivity index (χ0) is 18.5. The van der Waals surface area contributed by atoms with Gasteiger partial charge in [-0.2, -0.15) is 0 Å². The summed E-state index contributed by atoms with van der Waals surface area (Å²) >= 11 is 0. The topological polar surface area (TPSA) is 46.6 Å². The first-order valence-electron chi connectivity index (χ1n) is 10.4. The Morgan fingerprint density at radius 1 is 1.12 bits per heavy atom. The third-order valence-electron chi connectivity index (χ3n) is 8.91. The molecule has 4 nitrogen and oxygen atoms in total. The first-order chi connectivity index (χ1) is 12.4. The van der Waals surface area contributed by atoms with Crippen LogP contribution in [-0.2, 0) is 14.3 Å². The van der Waals surface area contributed by atoms with E-state index < -0.39 is 0 Å². The van der Waals surface area contributed by atoms with Crippen LogP contribution in [0.2, 0.25) is 0 Å². The molecule has 0 radical (unpaired) electrons. The molecule has 0 aromatic carbocycles. The number of allylic oxidation sites excluding steroid dienone is 1. The second-order valence-electron chi connectivity index (χ2n) is 9.77. The monoisotopic (exact) mass is 359 g/mol. The Hall–Kier alpha value is -1.32. The van der Waals surface area contributed by atoms with Crippen LogP contribution in [0.4, 0.5) is 0 Å². The fourth-order valence-corrected chi connectivity index (χ4v) is 7.54. The smallest absolute Gasteiger partial charge is 0.293 e. The lowest BCUT2D eigenvalue weighted by molar-refractivity contribution is -0.136. The third-order valence-corrected chi connectivity index (χ3v) is 8.91. The molecule has 0 aromatic heterocycles. The Labute approximate surface area is 157 Å². The zero-order valence-corrected chi connectivity index (χ0v) is 16.4. The molecular weight excluding hydrogens is 326 g/mol. The molecule has 4 aliphatic carbocycles. The van der Waals surface area contributed by atoms with Crippen molar-refractivity contribution in [1.82, 2.24) is 4.90 Å². The molecule has 144 valence electrons. The first kappa shape index (κ1) is 18.1. The van der Waals surface area contributed by atoms with Crippen molar-refractivity contribution in [2.75, 3.05) is 7.05 Å². The number of ether oxygens (including phenoxy) is 1. The van der Waals surface area contributed by atoms with E-state index in [4.69, 9.17) is 4.74 Å². The molecule has 0 saturated heterocycles. The van der Waals surface area contributed by atoms with E-state index in [1.807, 2.05) is 11.9 Å². The maximum atomic E-state index is 11.4. The number of rotatable bonds is 4. The van der Waals surface area contributed by atoms with Gasteiger partial charge in [-0.25, -0.2) is 0 Å².